The Hall–Kier alpha value is -1.89. The minimum Gasteiger partial charge on any atom is -0.480 e. The fourth-order valence-electron chi connectivity index (χ4n) is 2.14. The van der Waals surface area contributed by atoms with E-state index in [1.165, 1.54) is 0 Å². The van der Waals surface area contributed by atoms with Gasteiger partial charge >= 0.3 is 5.97 Å². The van der Waals surface area contributed by atoms with Gasteiger partial charge in [0.1, 0.15) is 5.54 Å². The molecule has 0 unspecified atom stereocenters. The normalized spacial score (nSPS) is 17.5. The van der Waals surface area contributed by atoms with Crippen LogP contribution in [0.5, 0.6) is 5.88 Å². The summed E-state index contributed by atoms with van der Waals surface area (Å²) in [5, 5.41) is 12.4. The number of ether oxygens (including phenoxy) is 2. The summed E-state index contributed by atoms with van der Waals surface area (Å²) in [6.45, 7) is 4.98. The van der Waals surface area contributed by atoms with E-state index < -0.39 is 11.5 Å². The van der Waals surface area contributed by atoms with E-state index >= 15 is 0 Å². The Balaban J connectivity index is 2.24. The molecular formula is C13H19N3O4. The summed E-state index contributed by atoms with van der Waals surface area (Å²) in [7, 11) is 0. The van der Waals surface area contributed by atoms with Gasteiger partial charge in [0.15, 0.2) is 0 Å². The van der Waals surface area contributed by atoms with E-state index in [0.717, 1.165) is 5.69 Å². The van der Waals surface area contributed by atoms with Crippen molar-refractivity contribution in [3.63, 3.8) is 0 Å². The van der Waals surface area contributed by atoms with Gasteiger partial charge in [0.05, 0.1) is 6.61 Å². The second kappa shape index (κ2) is 6.04. The molecule has 0 bridgehead atoms. The number of aryl methyl sites for hydroxylation is 1. The molecule has 2 N–H and O–H groups in total. The average molecular weight is 281 g/mol. The zero-order chi connectivity index (χ0) is 14.6. The number of carboxylic acids is 1. The highest BCUT2D eigenvalue weighted by Crippen LogP contribution is 2.26. The fraction of sp³-hybridized carbons (Fsp3) is 0.615. The largest absolute Gasteiger partial charge is 0.480 e. The van der Waals surface area contributed by atoms with Crippen LogP contribution >= 0.6 is 0 Å². The van der Waals surface area contributed by atoms with Crippen LogP contribution in [0, 0.1) is 6.92 Å². The molecule has 1 aromatic heterocycles. The number of aliphatic carboxylic acids is 1. The summed E-state index contributed by atoms with van der Waals surface area (Å²) in [6.07, 6.45) is 0.757. The van der Waals surface area contributed by atoms with Crippen molar-refractivity contribution in [2.45, 2.75) is 32.2 Å². The minimum atomic E-state index is -1.07. The molecule has 7 heteroatoms. The minimum absolute atomic E-state index is 0.276. The summed E-state index contributed by atoms with van der Waals surface area (Å²) >= 11 is 0. The third kappa shape index (κ3) is 3.16. The lowest BCUT2D eigenvalue weighted by molar-refractivity contribution is -0.145. The number of carboxylic acid groups (broad SMARTS) is 1. The van der Waals surface area contributed by atoms with Crippen LogP contribution in [0.1, 0.15) is 25.5 Å². The Labute approximate surface area is 117 Å². The van der Waals surface area contributed by atoms with E-state index in [1.807, 2.05) is 13.8 Å². The van der Waals surface area contributed by atoms with Gasteiger partial charge in [-0.05, 0) is 13.8 Å². The summed E-state index contributed by atoms with van der Waals surface area (Å²) in [4.78, 5) is 20.0. The van der Waals surface area contributed by atoms with Crippen LogP contribution in [-0.2, 0) is 9.53 Å². The lowest BCUT2D eigenvalue weighted by Gasteiger charge is -2.33. The average Bonchev–Trinajstić information content (AvgIpc) is 2.39. The van der Waals surface area contributed by atoms with Gasteiger partial charge in [-0.15, -0.1) is 0 Å². The molecule has 7 nitrogen and oxygen atoms in total. The Morgan fingerprint density at radius 3 is 2.80 bits per heavy atom. The maximum absolute atomic E-state index is 11.6. The van der Waals surface area contributed by atoms with E-state index in [9.17, 15) is 9.90 Å². The van der Waals surface area contributed by atoms with Crippen LogP contribution in [0.4, 0.5) is 5.95 Å². The number of rotatable bonds is 5. The number of aromatic nitrogens is 2. The highest BCUT2D eigenvalue weighted by Gasteiger charge is 2.41. The van der Waals surface area contributed by atoms with Gasteiger partial charge in [0.2, 0.25) is 11.8 Å². The maximum atomic E-state index is 11.6. The SMILES string of the molecule is CCOc1cc(C)nc(NC2(C(=O)O)CCOCC2)n1. The van der Waals surface area contributed by atoms with Crippen molar-refractivity contribution in [1.29, 1.82) is 0 Å². The molecule has 1 saturated heterocycles. The van der Waals surface area contributed by atoms with E-state index in [2.05, 4.69) is 15.3 Å². The predicted molar refractivity (Wildman–Crippen MR) is 72.0 cm³/mol. The second-order valence-corrected chi connectivity index (χ2v) is 4.73. The number of hydrogen-bond donors (Lipinski definition) is 2. The first-order valence-electron chi connectivity index (χ1n) is 6.63. The monoisotopic (exact) mass is 281 g/mol. The van der Waals surface area contributed by atoms with Gasteiger partial charge in [-0.2, -0.15) is 4.98 Å². The number of carbonyl (C=O) groups is 1. The molecule has 0 aromatic carbocycles. The van der Waals surface area contributed by atoms with E-state index in [0.29, 0.717) is 38.5 Å². The molecule has 110 valence electrons. The van der Waals surface area contributed by atoms with Gasteiger partial charge in [0, 0.05) is 37.8 Å². The highest BCUT2D eigenvalue weighted by atomic mass is 16.5. The van der Waals surface area contributed by atoms with Crippen molar-refractivity contribution < 1.29 is 19.4 Å². The Bertz CT molecular complexity index is 487. The van der Waals surface area contributed by atoms with Crippen LogP contribution < -0.4 is 10.1 Å². The van der Waals surface area contributed by atoms with Crippen molar-refractivity contribution in [3.8, 4) is 5.88 Å². The first-order chi connectivity index (χ1) is 9.55. The molecule has 1 aliphatic rings. The first-order valence-corrected chi connectivity index (χ1v) is 6.63. The Morgan fingerprint density at radius 1 is 1.50 bits per heavy atom. The Kier molecular flexibility index (Phi) is 4.39. The molecule has 1 fully saturated rings. The quantitative estimate of drug-likeness (QED) is 0.838. The summed E-state index contributed by atoms with van der Waals surface area (Å²) < 4.78 is 10.6. The molecule has 0 aliphatic carbocycles. The van der Waals surface area contributed by atoms with Crippen LogP contribution in [0.2, 0.25) is 0 Å². The van der Waals surface area contributed by atoms with E-state index in [-0.39, 0.29) is 5.95 Å². The molecule has 0 amide bonds. The molecular weight excluding hydrogens is 262 g/mol. The highest BCUT2D eigenvalue weighted by molar-refractivity contribution is 5.82. The molecule has 2 heterocycles. The van der Waals surface area contributed by atoms with E-state index in [4.69, 9.17) is 9.47 Å². The van der Waals surface area contributed by atoms with Gasteiger partial charge in [-0.25, -0.2) is 9.78 Å². The second-order valence-electron chi connectivity index (χ2n) is 4.73. The van der Waals surface area contributed by atoms with Crippen LogP contribution in [0.3, 0.4) is 0 Å². The predicted octanol–water partition coefficient (Wildman–Crippen LogP) is 1.23. The van der Waals surface area contributed by atoms with Gasteiger partial charge in [-0.1, -0.05) is 0 Å². The van der Waals surface area contributed by atoms with Crippen LogP contribution in [0.15, 0.2) is 6.07 Å². The van der Waals surface area contributed by atoms with Crippen molar-refractivity contribution in [3.05, 3.63) is 11.8 Å². The molecule has 0 saturated carbocycles. The topological polar surface area (TPSA) is 93.6 Å². The zero-order valence-electron chi connectivity index (χ0n) is 11.7. The number of nitrogens with one attached hydrogen (secondary N) is 1. The van der Waals surface area contributed by atoms with Gasteiger partial charge < -0.3 is 19.9 Å². The smallest absolute Gasteiger partial charge is 0.329 e. The van der Waals surface area contributed by atoms with Gasteiger partial charge in [0.25, 0.3) is 0 Å². The summed E-state index contributed by atoms with van der Waals surface area (Å²) in [6, 6.07) is 1.71. The summed E-state index contributed by atoms with van der Waals surface area (Å²) in [5.74, 6) is -0.197. The standard InChI is InChI=1S/C13H19N3O4/c1-3-20-10-8-9(2)14-12(15-10)16-13(11(17)18)4-6-19-7-5-13/h8H,3-7H2,1-2H3,(H,17,18)(H,14,15,16). The molecule has 0 atom stereocenters. The number of nitrogens with zero attached hydrogens (tertiary/aromatic N) is 2. The number of hydrogen-bond acceptors (Lipinski definition) is 6. The van der Waals surface area contributed by atoms with Crippen molar-refractivity contribution in [2.24, 2.45) is 0 Å². The maximum Gasteiger partial charge on any atom is 0.329 e. The molecule has 0 spiro atoms. The third-order valence-corrected chi connectivity index (χ3v) is 3.23. The van der Waals surface area contributed by atoms with Crippen molar-refractivity contribution in [2.75, 3.05) is 25.1 Å². The van der Waals surface area contributed by atoms with Crippen molar-refractivity contribution in [1.82, 2.24) is 9.97 Å². The van der Waals surface area contributed by atoms with Crippen molar-refractivity contribution >= 4 is 11.9 Å². The van der Waals surface area contributed by atoms with Gasteiger partial charge in [-0.3, -0.25) is 0 Å². The van der Waals surface area contributed by atoms with E-state index in [1.54, 1.807) is 6.07 Å². The van der Waals surface area contributed by atoms with Crippen LogP contribution in [0.25, 0.3) is 0 Å². The molecule has 1 aromatic rings. The first kappa shape index (κ1) is 14.5. The summed E-state index contributed by atoms with van der Waals surface area (Å²) in [5.41, 5.74) is -0.353. The lowest BCUT2D eigenvalue weighted by atomic mass is 9.90. The third-order valence-electron chi connectivity index (χ3n) is 3.23. The van der Waals surface area contributed by atoms with Crippen LogP contribution in [-0.4, -0.2) is 46.4 Å². The molecule has 0 radical (unpaired) electrons. The number of anilines is 1. The molecule has 20 heavy (non-hydrogen) atoms. The zero-order valence-corrected chi connectivity index (χ0v) is 11.7. The lowest BCUT2D eigenvalue weighted by Crippen LogP contribution is -2.50. The molecule has 1 aliphatic heterocycles. The molecule has 2 rings (SSSR count). The fourth-order valence-corrected chi connectivity index (χ4v) is 2.14. The Morgan fingerprint density at radius 2 is 2.20 bits per heavy atom.